The molecule has 1 heterocycles. The normalized spacial score (nSPS) is 16.2. The first kappa shape index (κ1) is 13.4. The Kier molecular flexibility index (Phi) is 4.07. The van der Waals surface area contributed by atoms with Gasteiger partial charge >= 0.3 is 0 Å². The molecule has 1 fully saturated rings. The summed E-state index contributed by atoms with van der Waals surface area (Å²) in [7, 11) is 0. The number of nitriles is 1. The van der Waals surface area contributed by atoms with Crippen molar-refractivity contribution in [1.82, 2.24) is 9.80 Å². The summed E-state index contributed by atoms with van der Waals surface area (Å²) >= 11 is 0. The molecule has 1 aromatic rings. The van der Waals surface area contributed by atoms with Crippen molar-refractivity contribution >= 4 is 5.91 Å². The van der Waals surface area contributed by atoms with Crippen LogP contribution in [-0.4, -0.2) is 48.4 Å². The second-order valence-electron chi connectivity index (χ2n) is 4.35. The number of halogens is 2. The number of benzene rings is 1. The van der Waals surface area contributed by atoms with Crippen molar-refractivity contribution in [3.63, 3.8) is 0 Å². The smallest absolute Gasteiger partial charge is 0.256 e. The van der Waals surface area contributed by atoms with Crippen molar-refractivity contribution in [3.05, 3.63) is 35.4 Å². The van der Waals surface area contributed by atoms with Gasteiger partial charge in [-0.1, -0.05) is 0 Å². The van der Waals surface area contributed by atoms with Crippen LogP contribution < -0.4 is 0 Å². The maximum absolute atomic E-state index is 13.5. The largest absolute Gasteiger partial charge is 0.336 e. The minimum Gasteiger partial charge on any atom is -0.336 e. The molecule has 0 spiro atoms. The van der Waals surface area contributed by atoms with Gasteiger partial charge in [0, 0.05) is 32.2 Å². The van der Waals surface area contributed by atoms with Gasteiger partial charge in [-0.15, -0.1) is 0 Å². The van der Waals surface area contributed by atoms with E-state index < -0.39 is 17.5 Å². The average molecular weight is 265 g/mol. The summed E-state index contributed by atoms with van der Waals surface area (Å²) in [6.45, 7) is 2.38. The molecular weight excluding hydrogens is 252 g/mol. The summed E-state index contributed by atoms with van der Waals surface area (Å²) < 4.78 is 26.3. The zero-order valence-electron chi connectivity index (χ0n) is 10.3. The van der Waals surface area contributed by atoms with Crippen molar-refractivity contribution in [2.24, 2.45) is 0 Å². The standard InChI is InChI=1S/C13H13F2N3O/c14-10-1-2-11(12(15)9-10)13(19)18-7-5-17(4-3-16)6-8-18/h1-2,9H,4-8H2. The molecule has 0 radical (unpaired) electrons. The predicted molar refractivity (Wildman–Crippen MR) is 64.3 cm³/mol. The molecule has 2 rings (SSSR count). The molecule has 0 bridgehead atoms. The fourth-order valence-corrected chi connectivity index (χ4v) is 2.04. The Morgan fingerprint density at radius 3 is 2.53 bits per heavy atom. The fraction of sp³-hybridized carbons (Fsp3) is 0.385. The molecule has 0 aliphatic carbocycles. The van der Waals surface area contributed by atoms with E-state index in [0.717, 1.165) is 12.1 Å². The number of hydrogen-bond acceptors (Lipinski definition) is 3. The Morgan fingerprint density at radius 1 is 1.26 bits per heavy atom. The van der Waals surface area contributed by atoms with Gasteiger partial charge in [0.25, 0.3) is 5.91 Å². The van der Waals surface area contributed by atoms with Crippen LogP contribution in [-0.2, 0) is 0 Å². The molecule has 100 valence electrons. The molecule has 0 N–H and O–H groups in total. The van der Waals surface area contributed by atoms with Gasteiger partial charge < -0.3 is 4.90 Å². The van der Waals surface area contributed by atoms with Crippen LogP contribution in [0.2, 0.25) is 0 Å². The molecule has 1 saturated heterocycles. The number of hydrogen-bond donors (Lipinski definition) is 0. The van der Waals surface area contributed by atoms with Crippen LogP contribution in [0.4, 0.5) is 8.78 Å². The van der Waals surface area contributed by atoms with Crippen LogP contribution in [0, 0.1) is 23.0 Å². The fourth-order valence-electron chi connectivity index (χ4n) is 2.04. The highest BCUT2D eigenvalue weighted by atomic mass is 19.1. The zero-order valence-corrected chi connectivity index (χ0v) is 10.3. The maximum atomic E-state index is 13.5. The quantitative estimate of drug-likeness (QED) is 0.756. The van der Waals surface area contributed by atoms with Gasteiger partial charge in [0.2, 0.25) is 0 Å². The molecule has 1 amide bonds. The Morgan fingerprint density at radius 2 is 1.95 bits per heavy atom. The minimum absolute atomic E-state index is 0.116. The van der Waals surface area contributed by atoms with E-state index in [4.69, 9.17) is 5.26 Å². The maximum Gasteiger partial charge on any atom is 0.256 e. The molecule has 4 nitrogen and oxygen atoms in total. The second kappa shape index (κ2) is 5.76. The highest BCUT2D eigenvalue weighted by molar-refractivity contribution is 5.94. The SMILES string of the molecule is N#CCN1CCN(C(=O)c2ccc(F)cc2F)CC1. The van der Waals surface area contributed by atoms with Crippen molar-refractivity contribution in [3.8, 4) is 6.07 Å². The lowest BCUT2D eigenvalue weighted by molar-refractivity contribution is 0.0647. The van der Waals surface area contributed by atoms with E-state index in [2.05, 4.69) is 0 Å². The third kappa shape index (κ3) is 3.06. The summed E-state index contributed by atoms with van der Waals surface area (Å²) in [5, 5.41) is 8.58. The lowest BCUT2D eigenvalue weighted by atomic mass is 10.1. The molecule has 0 atom stereocenters. The first-order chi connectivity index (χ1) is 9.11. The Labute approximate surface area is 109 Å². The molecule has 0 unspecified atom stereocenters. The van der Waals surface area contributed by atoms with Crippen LogP contribution >= 0.6 is 0 Å². The van der Waals surface area contributed by atoms with Crippen LogP contribution in [0.3, 0.4) is 0 Å². The summed E-state index contributed by atoms with van der Waals surface area (Å²) in [6.07, 6.45) is 0. The molecule has 0 saturated carbocycles. The number of amides is 1. The van der Waals surface area contributed by atoms with Crippen LogP contribution in [0.25, 0.3) is 0 Å². The number of piperazine rings is 1. The van der Waals surface area contributed by atoms with Gasteiger partial charge in [-0.3, -0.25) is 9.69 Å². The summed E-state index contributed by atoms with van der Waals surface area (Å²) in [5.41, 5.74) is -0.116. The Hall–Kier alpha value is -2.00. The van der Waals surface area contributed by atoms with E-state index in [-0.39, 0.29) is 5.56 Å². The van der Waals surface area contributed by atoms with Crippen LogP contribution in [0.1, 0.15) is 10.4 Å². The Balaban J connectivity index is 2.03. The van der Waals surface area contributed by atoms with Gasteiger partial charge in [0.1, 0.15) is 11.6 Å². The number of carbonyl (C=O) groups is 1. The minimum atomic E-state index is -0.843. The molecular formula is C13H13F2N3O. The summed E-state index contributed by atoms with van der Waals surface area (Å²) in [5.74, 6) is -1.98. The van der Waals surface area contributed by atoms with E-state index in [1.807, 2.05) is 11.0 Å². The van der Waals surface area contributed by atoms with E-state index in [0.29, 0.717) is 38.8 Å². The summed E-state index contributed by atoms with van der Waals surface area (Å²) in [4.78, 5) is 15.5. The van der Waals surface area contributed by atoms with E-state index in [9.17, 15) is 13.6 Å². The van der Waals surface area contributed by atoms with Crippen molar-refractivity contribution in [2.45, 2.75) is 0 Å². The van der Waals surface area contributed by atoms with Gasteiger partial charge in [0.15, 0.2) is 0 Å². The zero-order chi connectivity index (χ0) is 13.8. The number of rotatable bonds is 2. The predicted octanol–water partition coefficient (Wildman–Crippen LogP) is 1.25. The number of carbonyl (C=O) groups excluding carboxylic acids is 1. The first-order valence-corrected chi connectivity index (χ1v) is 5.95. The van der Waals surface area contributed by atoms with Gasteiger partial charge in [-0.2, -0.15) is 5.26 Å². The average Bonchev–Trinajstić information content (AvgIpc) is 2.39. The van der Waals surface area contributed by atoms with Crippen LogP contribution in [0.15, 0.2) is 18.2 Å². The molecule has 6 heteroatoms. The monoisotopic (exact) mass is 265 g/mol. The molecule has 0 aromatic heterocycles. The van der Waals surface area contributed by atoms with Gasteiger partial charge in [-0.25, -0.2) is 8.78 Å². The number of nitrogens with zero attached hydrogens (tertiary/aromatic N) is 3. The topological polar surface area (TPSA) is 47.3 Å². The molecule has 19 heavy (non-hydrogen) atoms. The lowest BCUT2D eigenvalue weighted by Gasteiger charge is -2.33. The van der Waals surface area contributed by atoms with E-state index >= 15 is 0 Å². The molecule has 1 aromatic carbocycles. The van der Waals surface area contributed by atoms with Crippen molar-refractivity contribution in [1.29, 1.82) is 5.26 Å². The van der Waals surface area contributed by atoms with Crippen LogP contribution in [0.5, 0.6) is 0 Å². The third-order valence-electron chi connectivity index (χ3n) is 3.12. The van der Waals surface area contributed by atoms with Crippen molar-refractivity contribution in [2.75, 3.05) is 32.7 Å². The summed E-state index contributed by atoms with van der Waals surface area (Å²) in [6, 6.07) is 4.99. The second-order valence-corrected chi connectivity index (χ2v) is 4.35. The molecule has 1 aliphatic rings. The first-order valence-electron chi connectivity index (χ1n) is 5.95. The van der Waals surface area contributed by atoms with E-state index in [1.54, 1.807) is 0 Å². The highest BCUT2D eigenvalue weighted by Gasteiger charge is 2.23. The van der Waals surface area contributed by atoms with Gasteiger partial charge in [-0.05, 0) is 12.1 Å². The Bertz CT molecular complexity index is 519. The highest BCUT2D eigenvalue weighted by Crippen LogP contribution is 2.13. The van der Waals surface area contributed by atoms with Crippen molar-refractivity contribution < 1.29 is 13.6 Å². The lowest BCUT2D eigenvalue weighted by Crippen LogP contribution is -2.48. The third-order valence-corrected chi connectivity index (χ3v) is 3.12. The molecule has 1 aliphatic heterocycles. The van der Waals surface area contributed by atoms with E-state index in [1.165, 1.54) is 4.90 Å². The van der Waals surface area contributed by atoms with Gasteiger partial charge in [0.05, 0.1) is 18.2 Å².